The summed E-state index contributed by atoms with van der Waals surface area (Å²) in [4.78, 5) is 6.39. The van der Waals surface area contributed by atoms with Crippen LogP contribution < -0.4 is 15.5 Å². The van der Waals surface area contributed by atoms with Crippen molar-refractivity contribution in [3.05, 3.63) is 65.5 Å². The quantitative estimate of drug-likeness (QED) is 0.618. The lowest BCUT2D eigenvalue weighted by Gasteiger charge is -2.19. The van der Waals surface area contributed by atoms with E-state index in [1.165, 1.54) is 17.3 Å². The summed E-state index contributed by atoms with van der Waals surface area (Å²) in [6.07, 6.45) is 2.15. The number of aliphatic imine (C=N–C) groups is 1. The molecule has 3 rings (SSSR count). The molecule has 0 saturated heterocycles. The van der Waals surface area contributed by atoms with Gasteiger partial charge in [-0.05, 0) is 48.2 Å². The number of anilines is 1. The molecule has 0 aliphatic heterocycles. The Kier molecular flexibility index (Phi) is 5.45. The molecule has 1 aliphatic carbocycles. The van der Waals surface area contributed by atoms with Crippen LogP contribution in [0.25, 0.3) is 0 Å². The van der Waals surface area contributed by atoms with Crippen molar-refractivity contribution in [1.82, 2.24) is 10.6 Å². The van der Waals surface area contributed by atoms with Crippen LogP contribution in [-0.4, -0.2) is 33.6 Å². The Labute approximate surface area is 155 Å². The van der Waals surface area contributed by atoms with E-state index in [1.54, 1.807) is 19.2 Å². The van der Waals surface area contributed by atoms with Gasteiger partial charge in [0.1, 0.15) is 5.82 Å². The molecular weight excluding hydrogens is 327 g/mol. The number of hydrogen-bond donors (Lipinski definition) is 2. The lowest BCUT2D eigenvalue weighted by molar-refractivity contribution is 0.607. The van der Waals surface area contributed by atoms with E-state index in [0.29, 0.717) is 6.54 Å². The van der Waals surface area contributed by atoms with Crippen molar-refractivity contribution in [3.8, 4) is 0 Å². The van der Waals surface area contributed by atoms with Crippen molar-refractivity contribution in [2.75, 3.05) is 32.6 Å². The maximum atomic E-state index is 13.5. The molecule has 0 radical (unpaired) electrons. The molecule has 2 N–H and O–H groups in total. The van der Waals surface area contributed by atoms with E-state index in [1.807, 2.05) is 20.2 Å². The molecule has 0 atom stereocenters. The first kappa shape index (κ1) is 18.2. The maximum Gasteiger partial charge on any atom is 0.191 e. The molecule has 1 saturated carbocycles. The smallest absolute Gasteiger partial charge is 0.191 e. The zero-order valence-electron chi connectivity index (χ0n) is 15.7. The Morgan fingerprint density at radius 3 is 2.42 bits per heavy atom. The summed E-state index contributed by atoms with van der Waals surface area (Å²) in [5.41, 5.74) is 3.49. The van der Waals surface area contributed by atoms with Crippen LogP contribution in [0.5, 0.6) is 0 Å². The van der Waals surface area contributed by atoms with Crippen molar-refractivity contribution in [3.63, 3.8) is 0 Å². The van der Waals surface area contributed by atoms with Crippen LogP contribution in [0.1, 0.15) is 24.0 Å². The van der Waals surface area contributed by atoms with Crippen molar-refractivity contribution in [1.29, 1.82) is 0 Å². The highest BCUT2D eigenvalue weighted by atomic mass is 19.1. The Bertz CT molecular complexity index is 764. The standard InChI is InChI=1S/C21H27FN4/c1-23-20(24-14-16-7-9-19(10-8-16)26(2)3)25-15-21(11-12-21)17-5-4-6-18(22)13-17/h4-10,13H,11-12,14-15H2,1-3H3,(H2,23,24,25). The first-order valence-electron chi connectivity index (χ1n) is 8.99. The monoisotopic (exact) mass is 354 g/mol. The van der Waals surface area contributed by atoms with E-state index in [2.05, 4.69) is 44.8 Å². The minimum absolute atomic E-state index is 0.0348. The van der Waals surface area contributed by atoms with Gasteiger partial charge in [-0.2, -0.15) is 0 Å². The van der Waals surface area contributed by atoms with Gasteiger partial charge >= 0.3 is 0 Å². The van der Waals surface area contributed by atoms with Gasteiger partial charge in [0.25, 0.3) is 0 Å². The normalized spacial score (nSPS) is 15.5. The Morgan fingerprint density at radius 1 is 1.12 bits per heavy atom. The highest BCUT2D eigenvalue weighted by Crippen LogP contribution is 2.47. The topological polar surface area (TPSA) is 39.7 Å². The molecule has 2 aromatic carbocycles. The molecule has 0 spiro atoms. The van der Waals surface area contributed by atoms with Gasteiger partial charge in [0.15, 0.2) is 5.96 Å². The van der Waals surface area contributed by atoms with Crippen LogP contribution >= 0.6 is 0 Å². The second kappa shape index (κ2) is 7.77. The lowest BCUT2D eigenvalue weighted by Crippen LogP contribution is -2.40. The molecule has 0 aromatic heterocycles. The minimum atomic E-state index is -0.169. The van der Waals surface area contributed by atoms with Crippen LogP contribution in [0, 0.1) is 5.82 Å². The lowest BCUT2D eigenvalue weighted by atomic mass is 9.96. The molecule has 1 aliphatic rings. The summed E-state index contributed by atoms with van der Waals surface area (Å²) in [6, 6.07) is 15.4. The van der Waals surface area contributed by atoms with Crippen molar-refractivity contribution >= 4 is 11.6 Å². The predicted octanol–water partition coefficient (Wildman–Crippen LogP) is 3.29. The Morgan fingerprint density at radius 2 is 1.85 bits per heavy atom. The zero-order chi connectivity index (χ0) is 18.6. The molecule has 4 nitrogen and oxygen atoms in total. The number of nitrogens with zero attached hydrogens (tertiary/aromatic N) is 2. The van der Waals surface area contributed by atoms with Crippen LogP contribution in [0.4, 0.5) is 10.1 Å². The third kappa shape index (κ3) is 4.34. The predicted molar refractivity (Wildman–Crippen MR) is 106 cm³/mol. The van der Waals surface area contributed by atoms with Gasteiger partial charge in [0.2, 0.25) is 0 Å². The minimum Gasteiger partial charge on any atom is -0.378 e. The third-order valence-corrected chi connectivity index (χ3v) is 5.02. The van der Waals surface area contributed by atoms with Gasteiger partial charge in [-0.15, -0.1) is 0 Å². The zero-order valence-corrected chi connectivity index (χ0v) is 15.7. The van der Waals surface area contributed by atoms with Gasteiger partial charge < -0.3 is 15.5 Å². The molecule has 5 heteroatoms. The highest BCUT2D eigenvalue weighted by Gasteiger charge is 2.44. The molecule has 26 heavy (non-hydrogen) atoms. The van der Waals surface area contributed by atoms with Gasteiger partial charge in [0, 0.05) is 45.3 Å². The van der Waals surface area contributed by atoms with Gasteiger partial charge in [0.05, 0.1) is 0 Å². The number of guanidine groups is 1. The van der Waals surface area contributed by atoms with Gasteiger partial charge in [-0.25, -0.2) is 4.39 Å². The van der Waals surface area contributed by atoms with Crippen molar-refractivity contribution in [2.45, 2.75) is 24.8 Å². The second-order valence-electron chi connectivity index (χ2n) is 7.13. The fourth-order valence-corrected chi connectivity index (χ4v) is 3.11. The third-order valence-electron chi connectivity index (χ3n) is 5.02. The van der Waals surface area contributed by atoms with Crippen LogP contribution in [0.2, 0.25) is 0 Å². The molecular formula is C21H27FN4. The van der Waals surface area contributed by atoms with Crippen LogP contribution in [0.3, 0.4) is 0 Å². The first-order valence-corrected chi connectivity index (χ1v) is 8.99. The van der Waals surface area contributed by atoms with Crippen LogP contribution in [-0.2, 0) is 12.0 Å². The van der Waals surface area contributed by atoms with E-state index < -0.39 is 0 Å². The molecule has 138 valence electrons. The number of rotatable bonds is 6. The number of benzene rings is 2. The molecule has 0 heterocycles. The molecule has 0 unspecified atom stereocenters. The average molecular weight is 354 g/mol. The fourth-order valence-electron chi connectivity index (χ4n) is 3.11. The van der Waals surface area contributed by atoms with Gasteiger partial charge in [-0.1, -0.05) is 24.3 Å². The Balaban J connectivity index is 1.54. The molecule has 2 aromatic rings. The summed E-state index contributed by atoms with van der Waals surface area (Å²) >= 11 is 0. The van der Waals surface area contributed by atoms with Crippen molar-refractivity contribution < 1.29 is 4.39 Å². The maximum absolute atomic E-state index is 13.5. The van der Waals surface area contributed by atoms with Crippen LogP contribution in [0.15, 0.2) is 53.5 Å². The summed E-state index contributed by atoms with van der Waals surface area (Å²) < 4.78 is 13.5. The molecule has 0 bridgehead atoms. The molecule has 0 amide bonds. The van der Waals surface area contributed by atoms with E-state index in [0.717, 1.165) is 30.9 Å². The number of nitrogens with one attached hydrogen (secondary N) is 2. The number of hydrogen-bond acceptors (Lipinski definition) is 2. The summed E-state index contributed by atoms with van der Waals surface area (Å²) in [5, 5.41) is 6.75. The first-order chi connectivity index (χ1) is 12.5. The summed E-state index contributed by atoms with van der Waals surface area (Å²) in [6.45, 7) is 1.47. The summed E-state index contributed by atoms with van der Waals surface area (Å²) in [5.74, 6) is 0.599. The Hall–Kier alpha value is -2.56. The van der Waals surface area contributed by atoms with E-state index in [-0.39, 0.29) is 11.2 Å². The number of halogens is 1. The average Bonchev–Trinajstić information content (AvgIpc) is 3.43. The second-order valence-corrected chi connectivity index (χ2v) is 7.13. The highest BCUT2D eigenvalue weighted by molar-refractivity contribution is 5.79. The van der Waals surface area contributed by atoms with Crippen molar-refractivity contribution in [2.24, 2.45) is 4.99 Å². The fraction of sp³-hybridized carbons (Fsp3) is 0.381. The van der Waals surface area contributed by atoms with Gasteiger partial charge in [-0.3, -0.25) is 4.99 Å². The van der Waals surface area contributed by atoms with E-state index in [4.69, 9.17) is 0 Å². The van der Waals surface area contributed by atoms with E-state index >= 15 is 0 Å². The largest absolute Gasteiger partial charge is 0.378 e. The molecule has 1 fully saturated rings. The van der Waals surface area contributed by atoms with E-state index in [9.17, 15) is 4.39 Å². The SMILES string of the molecule is CN=C(NCc1ccc(N(C)C)cc1)NCC1(c2cccc(F)c2)CC1. The summed E-state index contributed by atoms with van der Waals surface area (Å²) in [7, 11) is 5.84.